The highest BCUT2D eigenvalue weighted by molar-refractivity contribution is 6.26. The van der Waals surface area contributed by atoms with E-state index in [0.717, 1.165) is 0 Å². The topological polar surface area (TPSA) is 0 Å². The summed E-state index contributed by atoms with van der Waals surface area (Å²) < 4.78 is 0. The normalized spacial score (nSPS) is 11.0. The first-order valence-corrected chi connectivity index (χ1v) is 31.4. The van der Waals surface area contributed by atoms with Gasteiger partial charge in [-0.2, -0.15) is 0 Å². The zero-order chi connectivity index (χ0) is 61.5. The van der Waals surface area contributed by atoms with E-state index in [1.165, 1.54) is 163 Å². The predicted molar refractivity (Wildman–Crippen MR) is 397 cm³/mol. The molecule has 0 nitrogen and oxygen atoms in total. The van der Waals surface area contributed by atoms with Gasteiger partial charge in [-0.25, -0.2) is 0 Å². The van der Waals surface area contributed by atoms with E-state index in [4.69, 9.17) is 0 Å². The summed E-state index contributed by atoms with van der Waals surface area (Å²) >= 11 is 0. The van der Waals surface area contributed by atoms with Gasteiger partial charge >= 0.3 is 0 Å². The van der Waals surface area contributed by atoms with Gasteiger partial charge in [-0.3, -0.25) is 0 Å². The van der Waals surface area contributed by atoms with Gasteiger partial charge < -0.3 is 0 Å². The lowest BCUT2D eigenvalue weighted by Crippen LogP contribution is -1.85. The highest BCUT2D eigenvalue weighted by Gasteiger charge is 2.10. The van der Waals surface area contributed by atoms with Crippen molar-refractivity contribution in [3.8, 4) is 0 Å². The van der Waals surface area contributed by atoms with Crippen molar-refractivity contribution in [1.82, 2.24) is 0 Å². The molecule has 18 aromatic carbocycles. The summed E-state index contributed by atoms with van der Waals surface area (Å²) in [4.78, 5) is 0. The second kappa shape index (κ2) is 26.2. The molecule has 0 radical (unpaired) electrons. The first kappa shape index (κ1) is 58.1. The molecule has 18 rings (SSSR count). The maximum Gasteiger partial charge on any atom is -0.00697 e. The third kappa shape index (κ3) is 12.2. The Morgan fingerprint density at radius 3 is 1.00 bits per heavy atom. The van der Waals surface area contributed by atoms with Gasteiger partial charge in [0, 0.05) is 0 Å². The maximum absolute atomic E-state index is 2.26. The van der Waals surface area contributed by atoms with E-state index in [1.54, 1.807) is 0 Å². The Balaban J connectivity index is 0.0000000997. The summed E-state index contributed by atoms with van der Waals surface area (Å²) in [6.45, 7) is 13.0. The van der Waals surface area contributed by atoms with E-state index in [0.29, 0.717) is 0 Å². The Kier molecular flexibility index (Phi) is 16.9. The fourth-order valence-electron chi connectivity index (χ4n) is 13.2. The van der Waals surface area contributed by atoms with Crippen molar-refractivity contribution in [2.45, 2.75) is 41.5 Å². The smallest absolute Gasteiger partial charge is 0.00697 e. The molecule has 0 fully saturated rings. The van der Waals surface area contributed by atoms with E-state index in [1.807, 2.05) is 0 Å². The van der Waals surface area contributed by atoms with Gasteiger partial charge in [0.2, 0.25) is 0 Å². The molecule has 0 unspecified atom stereocenters. The molecular formula is C90H72. The number of benzene rings is 18. The number of hydrogen-bond donors (Lipinski definition) is 0. The highest BCUT2D eigenvalue weighted by Crippen LogP contribution is 2.37. The van der Waals surface area contributed by atoms with Crippen LogP contribution in [0.25, 0.3) is 129 Å². The van der Waals surface area contributed by atoms with Crippen molar-refractivity contribution in [2.24, 2.45) is 0 Å². The molecule has 0 aliphatic carbocycles. The van der Waals surface area contributed by atoms with Crippen LogP contribution in [-0.2, 0) is 0 Å². The number of hydrogen-bond acceptors (Lipinski definition) is 0. The Bertz CT molecular complexity index is 5480. The molecule has 0 N–H and O–H groups in total. The third-order valence-electron chi connectivity index (χ3n) is 17.8. The molecule has 0 saturated heterocycles. The Labute approximate surface area is 528 Å². The summed E-state index contributed by atoms with van der Waals surface area (Å²) in [5.41, 5.74) is 8.06. The SMILES string of the molecule is Cc1c2ccccc2cc2ccccc12.Cc1cc2ccccc2c2ccccc12.Cc1ccc2cc3ccccc3cc2c1.Cc1ccc2ccccc2c1.Cc1cccc2c1ccc1ccccc12.Cc1cccc2c3ccccc3c3ccccc3c12. The average Bonchev–Trinajstić information content (AvgIpc) is 0.839. The predicted octanol–water partition coefficient (Wildman–Crippen LogP) is 25.8. The zero-order valence-electron chi connectivity index (χ0n) is 52.2. The Morgan fingerprint density at radius 2 is 0.444 bits per heavy atom. The van der Waals surface area contributed by atoms with Crippen LogP contribution in [0.2, 0.25) is 0 Å². The zero-order valence-corrected chi connectivity index (χ0v) is 52.2. The fraction of sp³-hybridized carbons (Fsp3) is 0.0667. The minimum absolute atomic E-state index is 1.31. The minimum atomic E-state index is 1.31. The van der Waals surface area contributed by atoms with Gasteiger partial charge in [-0.1, -0.05) is 321 Å². The summed E-state index contributed by atoms with van der Waals surface area (Å²) in [5.74, 6) is 0. The van der Waals surface area contributed by atoms with Crippen LogP contribution in [0.3, 0.4) is 0 Å². The van der Waals surface area contributed by atoms with Gasteiger partial charge in [-0.15, -0.1) is 0 Å². The first-order valence-electron chi connectivity index (χ1n) is 31.4. The molecule has 0 spiro atoms. The van der Waals surface area contributed by atoms with Crippen LogP contribution in [-0.4, -0.2) is 0 Å². The van der Waals surface area contributed by atoms with Crippen molar-refractivity contribution in [3.05, 3.63) is 361 Å². The molecule has 0 aliphatic rings. The molecule has 0 atom stereocenters. The van der Waals surface area contributed by atoms with E-state index < -0.39 is 0 Å². The third-order valence-corrected chi connectivity index (χ3v) is 17.8. The molecule has 0 saturated carbocycles. The van der Waals surface area contributed by atoms with Gasteiger partial charge in [0.15, 0.2) is 0 Å². The van der Waals surface area contributed by atoms with Crippen molar-refractivity contribution >= 4 is 129 Å². The molecule has 0 amide bonds. The van der Waals surface area contributed by atoms with Crippen LogP contribution < -0.4 is 0 Å². The Hall–Kier alpha value is -10.9. The summed E-state index contributed by atoms with van der Waals surface area (Å²) in [6.07, 6.45) is 0. The maximum atomic E-state index is 2.26. The largest absolute Gasteiger partial charge is 0.0616 e. The fourth-order valence-corrected chi connectivity index (χ4v) is 13.2. The lowest BCUT2D eigenvalue weighted by Gasteiger charge is -2.11. The molecule has 0 heterocycles. The molecule has 0 aliphatic heterocycles. The Morgan fingerprint density at radius 1 is 0.144 bits per heavy atom. The van der Waals surface area contributed by atoms with Gasteiger partial charge in [-0.05, 0) is 211 Å². The monoisotopic (exact) mass is 1150 g/mol. The first-order chi connectivity index (χ1) is 44.1. The lowest BCUT2D eigenvalue weighted by atomic mass is 9.92. The quantitative estimate of drug-likeness (QED) is 0.105. The van der Waals surface area contributed by atoms with E-state index in [9.17, 15) is 0 Å². The van der Waals surface area contributed by atoms with Crippen LogP contribution in [0.5, 0.6) is 0 Å². The van der Waals surface area contributed by atoms with E-state index >= 15 is 0 Å². The van der Waals surface area contributed by atoms with Crippen LogP contribution >= 0.6 is 0 Å². The van der Waals surface area contributed by atoms with Crippen molar-refractivity contribution in [2.75, 3.05) is 0 Å². The van der Waals surface area contributed by atoms with Crippen molar-refractivity contribution < 1.29 is 0 Å². The van der Waals surface area contributed by atoms with Crippen LogP contribution in [0, 0.1) is 41.5 Å². The molecule has 18 aromatic rings. The second-order valence-electron chi connectivity index (χ2n) is 23.8. The van der Waals surface area contributed by atoms with Crippen LogP contribution in [0.15, 0.2) is 328 Å². The summed E-state index contributed by atoms with van der Waals surface area (Å²) in [6, 6.07) is 117. The van der Waals surface area contributed by atoms with Gasteiger partial charge in [0.25, 0.3) is 0 Å². The van der Waals surface area contributed by atoms with Crippen LogP contribution in [0.1, 0.15) is 33.4 Å². The summed E-state index contributed by atoms with van der Waals surface area (Å²) in [5, 5.41) is 32.2. The van der Waals surface area contributed by atoms with Gasteiger partial charge in [0.05, 0.1) is 0 Å². The average molecular weight is 1150 g/mol. The molecule has 0 aromatic heterocycles. The minimum Gasteiger partial charge on any atom is -0.0616 e. The summed E-state index contributed by atoms with van der Waals surface area (Å²) in [7, 11) is 0. The standard InChI is InChI=1S/C19H14.4C15H12.C11H10/c1-13-7-6-12-18-16-9-3-2-8-14(16)15-10-4-5-11-17(15)19(13)18;1-11-14-8-4-2-6-12(14)10-13-7-3-5-9-15(11)13;1-11-10-12-6-2-3-8-14(12)15-9-5-4-7-13(11)15;1-11-5-4-8-15-13(11)10-9-12-6-2-3-7-14(12)15;1-11-6-7-14-9-12-4-2-3-5-13(12)10-15(14)8-11;1-9-6-7-10-4-2-3-5-11(10)8-9/h2-12H,1H3;4*2-10H,1H3;2-8H,1H3. The molecule has 0 heteroatoms. The van der Waals surface area contributed by atoms with E-state index in [-0.39, 0.29) is 0 Å². The molecule has 0 bridgehead atoms. The molecular weight excluding hydrogens is 1080 g/mol. The molecule has 90 heavy (non-hydrogen) atoms. The second-order valence-corrected chi connectivity index (χ2v) is 23.8. The highest BCUT2D eigenvalue weighted by atomic mass is 14.1. The van der Waals surface area contributed by atoms with E-state index in [2.05, 4.69) is 369 Å². The lowest BCUT2D eigenvalue weighted by molar-refractivity contribution is 1.51. The van der Waals surface area contributed by atoms with Crippen molar-refractivity contribution in [1.29, 1.82) is 0 Å². The molecule has 432 valence electrons. The van der Waals surface area contributed by atoms with Crippen molar-refractivity contribution in [3.63, 3.8) is 0 Å². The number of fused-ring (bicyclic) bond motifs is 17. The number of rotatable bonds is 0. The van der Waals surface area contributed by atoms with Crippen LogP contribution in [0.4, 0.5) is 0 Å². The number of aryl methyl sites for hydroxylation is 6. The van der Waals surface area contributed by atoms with Gasteiger partial charge in [0.1, 0.15) is 0 Å².